The van der Waals surface area contributed by atoms with Crippen LogP contribution >= 0.6 is 11.8 Å². The molecule has 0 aliphatic carbocycles. The Morgan fingerprint density at radius 1 is 1.04 bits per heavy atom. The van der Waals surface area contributed by atoms with Gasteiger partial charge in [-0.05, 0) is 24.6 Å². The second-order valence-corrected chi connectivity index (χ2v) is 6.54. The number of para-hydroxylation sites is 1. The number of rotatable bonds is 4. The van der Waals surface area contributed by atoms with Crippen LogP contribution in [0.3, 0.4) is 0 Å². The first-order valence-electron chi connectivity index (χ1n) is 7.68. The van der Waals surface area contributed by atoms with Gasteiger partial charge in [0.15, 0.2) is 16.6 Å². The van der Waals surface area contributed by atoms with Crippen molar-refractivity contribution in [1.29, 1.82) is 0 Å². The normalized spacial score (nSPS) is 11.2. The van der Waals surface area contributed by atoms with Crippen molar-refractivity contribution in [3.8, 4) is 0 Å². The predicted octanol–water partition coefficient (Wildman–Crippen LogP) is 4.17. The fourth-order valence-corrected chi connectivity index (χ4v) is 3.65. The minimum absolute atomic E-state index is 0.0915. The Hall–Kier alpha value is -2.66. The van der Waals surface area contributed by atoms with Crippen LogP contribution in [-0.4, -0.2) is 26.1 Å². The molecule has 0 N–H and O–H groups in total. The fourth-order valence-electron chi connectivity index (χ4n) is 2.81. The number of carbonyl (C=O) groups is 1. The summed E-state index contributed by atoms with van der Waals surface area (Å²) in [4.78, 5) is 12.3. The van der Waals surface area contributed by atoms with Crippen LogP contribution in [-0.2, 0) is 0 Å². The molecule has 0 atom stereocenters. The maximum atomic E-state index is 12.3. The minimum Gasteiger partial charge on any atom is -0.293 e. The van der Waals surface area contributed by atoms with Gasteiger partial charge < -0.3 is 0 Å². The van der Waals surface area contributed by atoms with Crippen LogP contribution in [0, 0.1) is 6.92 Å². The molecule has 5 heteroatoms. The van der Waals surface area contributed by atoms with Gasteiger partial charge in [0, 0.05) is 10.9 Å². The Balaban J connectivity index is 1.70. The summed E-state index contributed by atoms with van der Waals surface area (Å²) < 4.78 is 2.02. The number of Topliss-reactive ketones (excluding diaryl/α,β-unsaturated/α-hetero) is 1. The fraction of sp³-hybridized carbons (Fsp3) is 0.105. The number of aromatic nitrogens is 3. The van der Waals surface area contributed by atoms with Crippen molar-refractivity contribution < 1.29 is 4.79 Å². The SMILES string of the molecule is Cc1cc2nnc(SCC(=O)c3ccccc3)n2c2ccccc12. The standard InChI is InChI=1S/C19H15N3OS/c1-13-11-18-20-21-19(22(18)16-10-6-5-9-15(13)16)24-12-17(23)14-7-3-2-4-8-14/h2-11H,12H2,1H3. The number of thioether (sulfide) groups is 1. The molecule has 0 aliphatic heterocycles. The van der Waals surface area contributed by atoms with E-state index in [0.717, 1.165) is 21.9 Å². The van der Waals surface area contributed by atoms with Crippen molar-refractivity contribution in [3.05, 3.63) is 71.8 Å². The van der Waals surface area contributed by atoms with Crippen molar-refractivity contribution >= 4 is 34.1 Å². The molecule has 0 unspecified atom stereocenters. The van der Waals surface area contributed by atoms with E-state index in [1.54, 1.807) is 0 Å². The second kappa shape index (κ2) is 6.09. The first-order valence-corrected chi connectivity index (χ1v) is 8.67. The zero-order valence-corrected chi connectivity index (χ0v) is 14.0. The van der Waals surface area contributed by atoms with E-state index in [2.05, 4.69) is 29.3 Å². The third kappa shape index (κ3) is 2.57. The van der Waals surface area contributed by atoms with Gasteiger partial charge in [-0.15, -0.1) is 10.2 Å². The first kappa shape index (κ1) is 14.9. The molecule has 0 amide bonds. The van der Waals surface area contributed by atoms with E-state index in [1.165, 1.54) is 22.7 Å². The lowest BCUT2D eigenvalue weighted by Gasteiger charge is -2.07. The van der Waals surface area contributed by atoms with Gasteiger partial charge in [0.1, 0.15) is 0 Å². The Labute approximate surface area is 143 Å². The molecule has 0 fully saturated rings. The summed E-state index contributed by atoms with van der Waals surface area (Å²) in [5.41, 5.74) is 3.76. The van der Waals surface area contributed by atoms with Crippen molar-refractivity contribution in [2.45, 2.75) is 12.1 Å². The van der Waals surface area contributed by atoms with Gasteiger partial charge in [0.05, 0.1) is 11.3 Å². The number of pyridine rings is 1. The average molecular weight is 333 g/mol. The Morgan fingerprint density at radius 3 is 2.62 bits per heavy atom. The summed E-state index contributed by atoms with van der Waals surface area (Å²) >= 11 is 1.42. The van der Waals surface area contributed by atoms with Crippen LogP contribution < -0.4 is 0 Å². The highest BCUT2D eigenvalue weighted by atomic mass is 32.2. The van der Waals surface area contributed by atoms with Crippen LogP contribution in [0.25, 0.3) is 16.6 Å². The topological polar surface area (TPSA) is 47.3 Å². The van der Waals surface area contributed by atoms with E-state index in [1.807, 2.05) is 52.9 Å². The maximum Gasteiger partial charge on any atom is 0.196 e. The molecular weight excluding hydrogens is 318 g/mol. The number of aryl methyl sites for hydroxylation is 1. The quantitative estimate of drug-likeness (QED) is 0.415. The molecule has 0 saturated carbocycles. The Morgan fingerprint density at radius 2 is 1.79 bits per heavy atom. The van der Waals surface area contributed by atoms with Crippen molar-refractivity contribution in [2.24, 2.45) is 0 Å². The molecule has 24 heavy (non-hydrogen) atoms. The van der Waals surface area contributed by atoms with Crippen molar-refractivity contribution in [1.82, 2.24) is 14.6 Å². The lowest BCUT2D eigenvalue weighted by Crippen LogP contribution is -2.03. The number of ketones is 1. The summed E-state index contributed by atoms with van der Waals surface area (Å²) in [5.74, 6) is 0.432. The van der Waals surface area contributed by atoms with Crippen LogP contribution in [0.5, 0.6) is 0 Å². The maximum absolute atomic E-state index is 12.3. The number of nitrogens with zero attached hydrogens (tertiary/aromatic N) is 3. The van der Waals surface area contributed by atoms with Gasteiger partial charge in [-0.25, -0.2) is 0 Å². The van der Waals surface area contributed by atoms with Crippen molar-refractivity contribution in [2.75, 3.05) is 5.75 Å². The average Bonchev–Trinajstić information content (AvgIpc) is 3.03. The van der Waals surface area contributed by atoms with E-state index in [-0.39, 0.29) is 5.78 Å². The smallest absolute Gasteiger partial charge is 0.196 e. The second-order valence-electron chi connectivity index (χ2n) is 5.60. The molecule has 4 rings (SSSR count). The van der Waals surface area contributed by atoms with Gasteiger partial charge in [-0.2, -0.15) is 0 Å². The van der Waals surface area contributed by atoms with Gasteiger partial charge in [-0.3, -0.25) is 9.20 Å². The third-order valence-electron chi connectivity index (χ3n) is 4.00. The molecule has 2 aromatic heterocycles. The highest BCUT2D eigenvalue weighted by molar-refractivity contribution is 7.99. The third-order valence-corrected chi connectivity index (χ3v) is 4.93. The van der Waals surface area contributed by atoms with Crippen LogP contribution in [0.2, 0.25) is 0 Å². The molecule has 2 heterocycles. The number of benzene rings is 2. The molecule has 0 saturated heterocycles. The summed E-state index contributed by atoms with van der Waals surface area (Å²) in [6.45, 7) is 2.07. The molecule has 2 aromatic carbocycles. The van der Waals surface area contributed by atoms with E-state index >= 15 is 0 Å². The van der Waals surface area contributed by atoms with Crippen LogP contribution in [0.4, 0.5) is 0 Å². The number of fused-ring (bicyclic) bond motifs is 3. The molecule has 0 bridgehead atoms. The number of carbonyl (C=O) groups excluding carboxylic acids is 1. The molecule has 0 radical (unpaired) electrons. The summed E-state index contributed by atoms with van der Waals surface area (Å²) in [5, 5.41) is 10.4. The van der Waals surface area contributed by atoms with Gasteiger partial charge in [-0.1, -0.05) is 60.3 Å². The van der Waals surface area contributed by atoms with Gasteiger partial charge >= 0.3 is 0 Å². The molecule has 4 nitrogen and oxygen atoms in total. The monoisotopic (exact) mass is 333 g/mol. The molecule has 118 valence electrons. The van der Waals surface area contributed by atoms with Gasteiger partial charge in [0.25, 0.3) is 0 Å². The zero-order chi connectivity index (χ0) is 16.5. The summed E-state index contributed by atoms with van der Waals surface area (Å²) in [7, 11) is 0. The molecule has 0 aliphatic rings. The predicted molar refractivity (Wildman–Crippen MR) is 96.7 cm³/mol. The van der Waals surface area contributed by atoms with E-state index in [4.69, 9.17) is 0 Å². The van der Waals surface area contributed by atoms with E-state index in [0.29, 0.717) is 5.75 Å². The Kier molecular flexibility index (Phi) is 3.78. The first-order chi connectivity index (χ1) is 11.7. The minimum atomic E-state index is 0.0915. The highest BCUT2D eigenvalue weighted by Crippen LogP contribution is 2.26. The lowest BCUT2D eigenvalue weighted by molar-refractivity contribution is 0.102. The van der Waals surface area contributed by atoms with E-state index < -0.39 is 0 Å². The van der Waals surface area contributed by atoms with E-state index in [9.17, 15) is 4.79 Å². The largest absolute Gasteiger partial charge is 0.293 e. The molecule has 4 aromatic rings. The number of hydrogen-bond acceptors (Lipinski definition) is 4. The zero-order valence-electron chi connectivity index (χ0n) is 13.1. The van der Waals surface area contributed by atoms with Crippen LogP contribution in [0.1, 0.15) is 15.9 Å². The molecule has 0 spiro atoms. The van der Waals surface area contributed by atoms with Crippen molar-refractivity contribution in [3.63, 3.8) is 0 Å². The van der Waals surface area contributed by atoms with Gasteiger partial charge in [0.2, 0.25) is 0 Å². The summed E-state index contributed by atoms with van der Waals surface area (Å²) in [6.07, 6.45) is 0. The highest BCUT2D eigenvalue weighted by Gasteiger charge is 2.13. The Bertz CT molecular complexity index is 1040. The van der Waals surface area contributed by atoms with Crippen LogP contribution in [0.15, 0.2) is 65.8 Å². The summed E-state index contributed by atoms with van der Waals surface area (Å²) in [6, 6.07) is 19.5. The lowest BCUT2D eigenvalue weighted by atomic mass is 10.1. The molecular formula is C19H15N3OS. The number of hydrogen-bond donors (Lipinski definition) is 0.